The largest absolute Gasteiger partial charge is 0.508 e. The zero-order valence-electron chi connectivity index (χ0n) is 11.5. The Bertz CT molecular complexity index is 482. The maximum atomic E-state index is 9.22. The summed E-state index contributed by atoms with van der Waals surface area (Å²) < 4.78 is 11.5. The van der Waals surface area contributed by atoms with Gasteiger partial charge in [0.1, 0.15) is 35.2 Å². The van der Waals surface area contributed by atoms with E-state index in [1.807, 2.05) is 13.8 Å². The van der Waals surface area contributed by atoms with Gasteiger partial charge >= 0.3 is 0 Å². The van der Waals surface area contributed by atoms with E-state index in [0.717, 1.165) is 0 Å². The molecule has 0 radical (unpaired) electrons. The van der Waals surface area contributed by atoms with E-state index in [1.54, 1.807) is 48.5 Å². The molecule has 2 unspecified atom stereocenters. The predicted octanol–water partition coefficient (Wildman–Crippen LogP) is 3.33. The van der Waals surface area contributed by atoms with Gasteiger partial charge in [0.2, 0.25) is 0 Å². The monoisotopic (exact) mass is 274 g/mol. The van der Waals surface area contributed by atoms with Crippen molar-refractivity contribution in [3.05, 3.63) is 48.5 Å². The van der Waals surface area contributed by atoms with Gasteiger partial charge in [-0.25, -0.2) is 0 Å². The minimum absolute atomic E-state index is 0.159. The van der Waals surface area contributed by atoms with E-state index in [1.165, 1.54) is 0 Å². The first-order valence-electron chi connectivity index (χ1n) is 6.46. The van der Waals surface area contributed by atoms with E-state index in [9.17, 15) is 10.2 Å². The average molecular weight is 274 g/mol. The van der Waals surface area contributed by atoms with Crippen molar-refractivity contribution in [3.63, 3.8) is 0 Å². The van der Waals surface area contributed by atoms with Crippen molar-refractivity contribution in [2.45, 2.75) is 26.1 Å². The minimum Gasteiger partial charge on any atom is -0.508 e. The summed E-state index contributed by atoms with van der Waals surface area (Å²) >= 11 is 0. The molecule has 2 rings (SSSR count). The summed E-state index contributed by atoms with van der Waals surface area (Å²) in [5.41, 5.74) is 0. The maximum absolute atomic E-state index is 9.22. The standard InChI is InChI=1S/C16H18O4/c1-11(19-15-7-3-13(17)4-8-15)12(2)20-16-9-5-14(18)6-10-16/h3-12,17-18H,1-2H3. The van der Waals surface area contributed by atoms with Crippen LogP contribution in [-0.4, -0.2) is 22.4 Å². The Morgan fingerprint density at radius 3 is 1.25 bits per heavy atom. The number of phenols is 2. The number of phenolic OH excluding ortho intramolecular Hbond substituents is 2. The Kier molecular flexibility index (Phi) is 4.35. The second-order valence-electron chi connectivity index (χ2n) is 4.63. The van der Waals surface area contributed by atoms with E-state index < -0.39 is 0 Å². The predicted molar refractivity (Wildman–Crippen MR) is 76.4 cm³/mol. The molecule has 0 heterocycles. The number of benzene rings is 2. The van der Waals surface area contributed by atoms with Gasteiger partial charge in [0.25, 0.3) is 0 Å². The molecule has 0 aliphatic carbocycles. The van der Waals surface area contributed by atoms with Crippen LogP contribution in [0.2, 0.25) is 0 Å². The molecule has 0 aromatic heterocycles. The highest BCUT2D eigenvalue weighted by atomic mass is 16.5. The first-order valence-corrected chi connectivity index (χ1v) is 6.46. The molecule has 0 aliphatic heterocycles. The summed E-state index contributed by atoms with van der Waals surface area (Å²) in [6.45, 7) is 3.83. The minimum atomic E-state index is -0.159. The van der Waals surface area contributed by atoms with Crippen LogP contribution in [0.1, 0.15) is 13.8 Å². The molecule has 0 saturated heterocycles. The van der Waals surface area contributed by atoms with Crippen LogP contribution in [0.15, 0.2) is 48.5 Å². The van der Waals surface area contributed by atoms with E-state index in [-0.39, 0.29) is 23.7 Å². The molecule has 20 heavy (non-hydrogen) atoms. The van der Waals surface area contributed by atoms with Crippen LogP contribution < -0.4 is 9.47 Å². The zero-order chi connectivity index (χ0) is 14.5. The molecule has 2 aromatic carbocycles. The summed E-state index contributed by atoms with van der Waals surface area (Å²) in [7, 11) is 0. The summed E-state index contributed by atoms with van der Waals surface area (Å²) in [5, 5.41) is 18.4. The summed E-state index contributed by atoms with van der Waals surface area (Å²) in [4.78, 5) is 0. The fourth-order valence-electron chi connectivity index (χ4n) is 1.67. The van der Waals surface area contributed by atoms with Crippen molar-refractivity contribution in [1.29, 1.82) is 0 Å². The average Bonchev–Trinajstić information content (AvgIpc) is 2.44. The van der Waals surface area contributed by atoms with Gasteiger partial charge in [0, 0.05) is 0 Å². The maximum Gasteiger partial charge on any atom is 0.132 e. The van der Waals surface area contributed by atoms with Crippen molar-refractivity contribution in [2.24, 2.45) is 0 Å². The topological polar surface area (TPSA) is 58.9 Å². The summed E-state index contributed by atoms with van der Waals surface area (Å²) in [6.07, 6.45) is -0.318. The molecule has 2 aromatic rings. The lowest BCUT2D eigenvalue weighted by Crippen LogP contribution is -2.31. The fourth-order valence-corrected chi connectivity index (χ4v) is 1.67. The summed E-state index contributed by atoms with van der Waals surface area (Å²) in [6, 6.07) is 13.1. The second-order valence-corrected chi connectivity index (χ2v) is 4.63. The normalized spacial score (nSPS) is 13.5. The first kappa shape index (κ1) is 14.1. The van der Waals surface area contributed by atoms with Crippen molar-refractivity contribution in [1.82, 2.24) is 0 Å². The lowest BCUT2D eigenvalue weighted by atomic mass is 10.2. The van der Waals surface area contributed by atoms with Crippen LogP contribution in [0, 0.1) is 0 Å². The Hall–Kier alpha value is -2.36. The Morgan fingerprint density at radius 2 is 0.950 bits per heavy atom. The Labute approximate surface area is 118 Å². The highest BCUT2D eigenvalue weighted by Crippen LogP contribution is 2.21. The summed E-state index contributed by atoms with van der Waals surface area (Å²) in [5.74, 6) is 1.77. The molecular weight excluding hydrogens is 256 g/mol. The highest BCUT2D eigenvalue weighted by molar-refractivity contribution is 5.31. The number of hydrogen-bond acceptors (Lipinski definition) is 4. The molecule has 0 bridgehead atoms. The van der Waals surface area contributed by atoms with Gasteiger partial charge in [0.05, 0.1) is 0 Å². The van der Waals surface area contributed by atoms with Crippen molar-refractivity contribution in [2.75, 3.05) is 0 Å². The zero-order valence-corrected chi connectivity index (χ0v) is 11.5. The van der Waals surface area contributed by atoms with E-state index in [0.29, 0.717) is 11.5 Å². The molecule has 4 heteroatoms. The second kappa shape index (κ2) is 6.19. The van der Waals surface area contributed by atoms with Crippen LogP contribution in [0.5, 0.6) is 23.0 Å². The van der Waals surface area contributed by atoms with Crippen LogP contribution in [0.25, 0.3) is 0 Å². The van der Waals surface area contributed by atoms with Crippen molar-refractivity contribution < 1.29 is 19.7 Å². The smallest absolute Gasteiger partial charge is 0.132 e. The van der Waals surface area contributed by atoms with Crippen LogP contribution in [0.4, 0.5) is 0 Å². The molecule has 0 amide bonds. The van der Waals surface area contributed by atoms with Gasteiger partial charge in [-0.1, -0.05) is 0 Å². The first-order chi connectivity index (χ1) is 9.54. The van der Waals surface area contributed by atoms with Crippen LogP contribution >= 0.6 is 0 Å². The SMILES string of the molecule is CC(Oc1ccc(O)cc1)C(C)Oc1ccc(O)cc1. The van der Waals surface area contributed by atoms with Crippen LogP contribution in [0.3, 0.4) is 0 Å². The molecule has 0 fully saturated rings. The van der Waals surface area contributed by atoms with Crippen LogP contribution in [-0.2, 0) is 0 Å². The Balaban J connectivity index is 1.93. The van der Waals surface area contributed by atoms with Crippen molar-refractivity contribution in [3.8, 4) is 23.0 Å². The fraction of sp³-hybridized carbons (Fsp3) is 0.250. The van der Waals surface area contributed by atoms with Gasteiger partial charge in [0.15, 0.2) is 0 Å². The Morgan fingerprint density at radius 1 is 0.650 bits per heavy atom. The molecule has 0 aliphatic rings. The lowest BCUT2D eigenvalue weighted by molar-refractivity contribution is 0.0778. The van der Waals surface area contributed by atoms with Gasteiger partial charge in [-0.2, -0.15) is 0 Å². The van der Waals surface area contributed by atoms with Gasteiger partial charge in [-0.05, 0) is 62.4 Å². The molecule has 4 nitrogen and oxygen atoms in total. The quantitative estimate of drug-likeness (QED) is 0.878. The third kappa shape index (κ3) is 3.82. The molecule has 0 spiro atoms. The molecular formula is C16H18O4. The molecule has 2 atom stereocenters. The van der Waals surface area contributed by atoms with Gasteiger partial charge in [-0.3, -0.25) is 0 Å². The van der Waals surface area contributed by atoms with Gasteiger partial charge < -0.3 is 19.7 Å². The van der Waals surface area contributed by atoms with E-state index >= 15 is 0 Å². The van der Waals surface area contributed by atoms with E-state index in [2.05, 4.69) is 0 Å². The number of ether oxygens (including phenoxy) is 2. The third-order valence-electron chi connectivity index (χ3n) is 2.98. The number of hydrogen-bond donors (Lipinski definition) is 2. The molecule has 106 valence electrons. The van der Waals surface area contributed by atoms with Gasteiger partial charge in [-0.15, -0.1) is 0 Å². The lowest BCUT2D eigenvalue weighted by Gasteiger charge is -2.22. The number of aromatic hydroxyl groups is 2. The molecule has 2 N–H and O–H groups in total. The highest BCUT2D eigenvalue weighted by Gasteiger charge is 2.15. The van der Waals surface area contributed by atoms with E-state index in [4.69, 9.17) is 9.47 Å². The van der Waals surface area contributed by atoms with Crippen molar-refractivity contribution >= 4 is 0 Å². The number of rotatable bonds is 5. The molecule has 0 saturated carbocycles. The third-order valence-corrected chi connectivity index (χ3v) is 2.98.